The molecule has 0 aliphatic carbocycles. The summed E-state index contributed by atoms with van der Waals surface area (Å²) in [5.41, 5.74) is 0.0867. The molecule has 134 valence electrons. The molecule has 26 heavy (non-hydrogen) atoms. The van der Waals surface area contributed by atoms with Crippen LogP contribution in [0.5, 0.6) is 5.88 Å². The Hall–Kier alpha value is -3.42. The topological polar surface area (TPSA) is 101 Å². The number of fused-ring (bicyclic) bond motifs is 3. The van der Waals surface area contributed by atoms with Crippen LogP contribution in [0.15, 0.2) is 40.7 Å². The number of aromatic nitrogens is 1. The number of ether oxygens (including phenoxy) is 3. The Balaban J connectivity index is 2.35. The van der Waals surface area contributed by atoms with Crippen molar-refractivity contribution in [3.05, 3.63) is 51.7 Å². The van der Waals surface area contributed by atoms with Crippen molar-refractivity contribution in [2.45, 2.75) is 13.0 Å². The van der Waals surface area contributed by atoms with Gasteiger partial charge >= 0.3 is 17.9 Å². The van der Waals surface area contributed by atoms with E-state index in [0.717, 1.165) is 20.3 Å². The van der Waals surface area contributed by atoms with Crippen molar-refractivity contribution in [3.63, 3.8) is 0 Å². The molecule has 8 nitrogen and oxygen atoms in total. The average molecular weight is 357 g/mol. The van der Waals surface area contributed by atoms with Gasteiger partial charge in [-0.15, -0.1) is 0 Å². The van der Waals surface area contributed by atoms with Crippen molar-refractivity contribution >= 4 is 28.8 Å². The zero-order valence-electron chi connectivity index (χ0n) is 14.3. The molecule has 0 fully saturated rings. The summed E-state index contributed by atoms with van der Waals surface area (Å²) in [5.74, 6) is -2.48. The molecule has 0 saturated carbocycles. The van der Waals surface area contributed by atoms with E-state index in [2.05, 4.69) is 4.74 Å². The Bertz CT molecular complexity index is 1030. The monoisotopic (exact) mass is 357 g/mol. The molecular formula is C18H15NO7. The lowest BCUT2D eigenvalue weighted by molar-refractivity contribution is -0.141. The van der Waals surface area contributed by atoms with Crippen LogP contribution in [-0.2, 0) is 23.9 Å². The number of hydrogen-bond acceptors (Lipinski definition) is 7. The first-order valence-electron chi connectivity index (χ1n) is 7.64. The van der Waals surface area contributed by atoms with Gasteiger partial charge in [-0.3, -0.25) is 9.36 Å². The highest BCUT2D eigenvalue weighted by atomic mass is 16.6. The average Bonchev–Trinajstić information content (AvgIpc) is 3.00. The number of para-hydroxylation sites is 1. The van der Waals surface area contributed by atoms with Crippen molar-refractivity contribution in [3.8, 4) is 5.88 Å². The summed E-state index contributed by atoms with van der Waals surface area (Å²) in [7, 11) is 2.27. The van der Waals surface area contributed by atoms with Gasteiger partial charge in [0.05, 0.1) is 30.9 Å². The van der Waals surface area contributed by atoms with Gasteiger partial charge in [-0.25, -0.2) is 14.4 Å². The largest absolute Gasteiger partial charge is 0.466 e. The standard InChI is InChI=1S/C18H15NO7/c1-9-15(21)10-6-4-5-7-12(10)19-14(18(23)26-16(9)19)11(17(22)25-3)8-13(20)24-2/h4-8,14H,1-3H3/b11-8-/t14-/m0/s1. The van der Waals surface area contributed by atoms with Crippen molar-refractivity contribution < 1.29 is 28.6 Å². The number of esters is 3. The number of rotatable bonds is 3. The van der Waals surface area contributed by atoms with Crippen molar-refractivity contribution in [1.82, 2.24) is 4.57 Å². The van der Waals surface area contributed by atoms with Crippen molar-refractivity contribution in [1.29, 1.82) is 0 Å². The Morgan fingerprint density at radius 3 is 2.50 bits per heavy atom. The molecular weight excluding hydrogens is 342 g/mol. The molecule has 1 aliphatic heterocycles. The van der Waals surface area contributed by atoms with E-state index in [-0.39, 0.29) is 22.4 Å². The zero-order chi connectivity index (χ0) is 19.0. The lowest BCUT2D eigenvalue weighted by Gasteiger charge is -2.16. The van der Waals surface area contributed by atoms with E-state index >= 15 is 0 Å². The summed E-state index contributed by atoms with van der Waals surface area (Å²) >= 11 is 0. The maximum atomic E-state index is 12.5. The lowest BCUT2D eigenvalue weighted by Crippen LogP contribution is -2.24. The highest BCUT2D eigenvalue weighted by Gasteiger charge is 2.41. The van der Waals surface area contributed by atoms with Crippen LogP contribution in [0.2, 0.25) is 0 Å². The number of nitrogens with zero attached hydrogens (tertiary/aromatic N) is 1. The molecule has 0 saturated heterocycles. The minimum absolute atomic E-state index is 0.0309. The van der Waals surface area contributed by atoms with Crippen LogP contribution in [0.4, 0.5) is 0 Å². The van der Waals surface area contributed by atoms with Gasteiger partial charge in [-0.1, -0.05) is 12.1 Å². The van der Waals surface area contributed by atoms with E-state index in [1.807, 2.05) is 0 Å². The molecule has 0 radical (unpaired) electrons. The molecule has 3 rings (SSSR count). The van der Waals surface area contributed by atoms with Gasteiger partial charge in [0.2, 0.25) is 5.88 Å². The molecule has 0 unspecified atom stereocenters. The third-order valence-corrected chi connectivity index (χ3v) is 4.16. The van der Waals surface area contributed by atoms with Gasteiger partial charge in [-0.2, -0.15) is 0 Å². The van der Waals surface area contributed by atoms with Crippen LogP contribution in [0.25, 0.3) is 10.9 Å². The fourth-order valence-electron chi connectivity index (χ4n) is 2.92. The first-order chi connectivity index (χ1) is 12.4. The number of carbonyl (C=O) groups excluding carboxylic acids is 3. The molecule has 0 amide bonds. The predicted molar refractivity (Wildman–Crippen MR) is 89.7 cm³/mol. The van der Waals surface area contributed by atoms with E-state index in [1.54, 1.807) is 24.3 Å². The van der Waals surface area contributed by atoms with Crippen LogP contribution in [-0.4, -0.2) is 36.7 Å². The molecule has 1 aromatic heterocycles. The third-order valence-electron chi connectivity index (χ3n) is 4.16. The minimum atomic E-state index is -1.28. The van der Waals surface area contributed by atoms with Gasteiger partial charge in [0, 0.05) is 11.5 Å². The summed E-state index contributed by atoms with van der Waals surface area (Å²) in [6.45, 7) is 1.53. The lowest BCUT2D eigenvalue weighted by atomic mass is 10.0. The predicted octanol–water partition coefficient (Wildman–Crippen LogP) is 1.04. The second-order valence-corrected chi connectivity index (χ2v) is 5.58. The summed E-state index contributed by atoms with van der Waals surface area (Å²) in [6.07, 6.45) is 0.884. The van der Waals surface area contributed by atoms with Crippen LogP contribution in [0.1, 0.15) is 11.6 Å². The Labute approximate surface area is 147 Å². The third kappa shape index (κ3) is 2.55. The molecule has 2 heterocycles. The molecule has 8 heteroatoms. The second-order valence-electron chi connectivity index (χ2n) is 5.58. The van der Waals surface area contributed by atoms with Crippen LogP contribution < -0.4 is 10.2 Å². The van der Waals surface area contributed by atoms with Crippen LogP contribution >= 0.6 is 0 Å². The summed E-state index contributed by atoms with van der Waals surface area (Å²) in [5, 5.41) is 0.360. The molecule has 0 spiro atoms. The SMILES string of the molecule is COC(=O)/C=C(\C(=O)OC)[C@H]1C(=O)Oc2c(C)c(=O)c3ccccc3n21. The maximum Gasteiger partial charge on any atom is 0.340 e. The second kappa shape index (κ2) is 6.47. The van der Waals surface area contributed by atoms with Gasteiger partial charge in [-0.05, 0) is 19.1 Å². The van der Waals surface area contributed by atoms with Gasteiger partial charge in [0.15, 0.2) is 11.5 Å². The Morgan fingerprint density at radius 2 is 1.85 bits per heavy atom. The smallest absolute Gasteiger partial charge is 0.340 e. The van der Waals surface area contributed by atoms with Crippen molar-refractivity contribution in [2.24, 2.45) is 0 Å². The van der Waals surface area contributed by atoms with Gasteiger partial charge in [0.25, 0.3) is 0 Å². The minimum Gasteiger partial charge on any atom is -0.466 e. The summed E-state index contributed by atoms with van der Waals surface area (Å²) in [4.78, 5) is 48.9. The highest BCUT2D eigenvalue weighted by Crippen LogP contribution is 2.37. The number of benzene rings is 1. The molecule has 1 atom stereocenters. The number of methoxy groups -OCH3 is 2. The van der Waals surface area contributed by atoms with Gasteiger partial charge in [0.1, 0.15) is 0 Å². The maximum absolute atomic E-state index is 12.5. The van der Waals surface area contributed by atoms with Gasteiger partial charge < -0.3 is 14.2 Å². The van der Waals surface area contributed by atoms with Crippen LogP contribution in [0.3, 0.4) is 0 Å². The Kier molecular flexibility index (Phi) is 4.33. The van der Waals surface area contributed by atoms with E-state index in [1.165, 1.54) is 11.5 Å². The summed E-state index contributed by atoms with van der Waals surface area (Å²) < 4.78 is 15.9. The molecule has 2 aromatic rings. The van der Waals surface area contributed by atoms with E-state index in [0.29, 0.717) is 10.9 Å². The summed E-state index contributed by atoms with van der Waals surface area (Å²) in [6, 6.07) is 5.34. The molecule has 0 bridgehead atoms. The van der Waals surface area contributed by atoms with E-state index in [9.17, 15) is 19.2 Å². The fraction of sp³-hybridized carbons (Fsp3) is 0.222. The Morgan fingerprint density at radius 1 is 1.15 bits per heavy atom. The van der Waals surface area contributed by atoms with E-state index < -0.39 is 23.9 Å². The normalized spacial score (nSPS) is 16.2. The highest BCUT2D eigenvalue weighted by molar-refractivity contribution is 6.04. The fourth-order valence-corrected chi connectivity index (χ4v) is 2.92. The first-order valence-corrected chi connectivity index (χ1v) is 7.64. The molecule has 1 aromatic carbocycles. The number of pyridine rings is 1. The van der Waals surface area contributed by atoms with Crippen molar-refractivity contribution in [2.75, 3.05) is 14.2 Å². The number of carbonyl (C=O) groups is 3. The van der Waals surface area contributed by atoms with E-state index in [4.69, 9.17) is 9.47 Å². The van der Waals surface area contributed by atoms with Crippen LogP contribution in [0, 0.1) is 6.92 Å². The molecule has 1 aliphatic rings. The molecule has 0 N–H and O–H groups in total. The quantitative estimate of drug-likeness (QED) is 0.597. The first kappa shape index (κ1) is 17.4. The zero-order valence-corrected chi connectivity index (χ0v) is 14.3. The number of hydrogen-bond donors (Lipinski definition) is 0.